The molecule has 82 valence electrons. The highest BCUT2D eigenvalue weighted by Crippen LogP contribution is 2.20. The highest BCUT2D eigenvalue weighted by atomic mass is 32.2. The molecular weight excluding hydrogens is 206 g/mol. The minimum Gasteiger partial charge on any atom is -0.404 e. The monoisotopic (exact) mass is 223 g/mol. The number of aliphatic imine (C=N–C) groups is 1. The van der Waals surface area contributed by atoms with Crippen LogP contribution in [0.25, 0.3) is 0 Å². The minimum atomic E-state index is 0.313. The Labute approximate surface area is 95.8 Å². The fourth-order valence-electron chi connectivity index (χ4n) is 1.64. The van der Waals surface area contributed by atoms with Crippen molar-refractivity contribution in [3.63, 3.8) is 0 Å². The van der Waals surface area contributed by atoms with Crippen molar-refractivity contribution in [2.75, 3.05) is 31.6 Å². The second-order valence-corrected chi connectivity index (χ2v) is 4.47. The molecule has 1 fully saturated rings. The summed E-state index contributed by atoms with van der Waals surface area (Å²) in [7, 11) is 1.75. The van der Waals surface area contributed by atoms with Gasteiger partial charge >= 0.3 is 0 Å². The van der Waals surface area contributed by atoms with Gasteiger partial charge in [-0.25, -0.2) is 0 Å². The standard InChI is InChI=1S/C11H17N3S/c1-3-4-14-5-6-15-9-11(14)10(7-12)8-13-2/h1,7-8,11H,4-6,9,12H2,2H3. The van der Waals surface area contributed by atoms with Gasteiger partial charge in [-0.05, 0) is 0 Å². The Hall–Kier alpha value is -0.920. The highest BCUT2D eigenvalue weighted by Gasteiger charge is 2.24. The normalized spacial score (nSPS) is 24.3. The third-order valence-electron chi connectivity index (χ3n) is 2.39. The summed E-state index contributed by atoms with van der Waals surface area (Å²) in [6.45, 7) is 1.70. The van der Waals surface area contributed by atoms with Gasteiger partial charge in [0.25, 0.3) is 0 Å². The predicted octanol–water partition coefficient (Wildman–Crippen LogP) is 0.580. The summed E-state index contributed by atoms with van der Waals surface area (Å²) < 4.78 is 0. The second kappa shape index (κ2) is 6.54. The highest BCUT2D eigenvalue weighted by molar-refractivity contribution is 7.99. The maximum Gasteiger partial charge on any atom is 0.0604 e. The van der Waals surface area contributed by atoms with E-state index < -0.39 is 0 Å². The van der Waals surface area contributed by atoms with Gasteiger partial charge in [-0.15, -0.1) is 6.42 Å². The largest absolute Gasteiger partial charge is 0.404 e. The summed E-state index contributed by atoms with van der Waals surface area (Å²) in [6, 6.07) is 0.313. The van der Waals surface area contributed by atoms with Crippen LogP contribution in [0.4, 0.5) is 0 Å². The van der Waals surface area contributed by atoms with Crippen molar-refractivity contribution < 1.29 is 0 Å². The number of rotatable bonds is 3. The van der Waals surface area contributed by atoms with Crippen molar-refractivity contribution in [2.45, 2.75) is 6.04 Å². The summed E-state index contributed by atoms with van der Waals surface area (Å²) >= 11 is 1.93. The maximum absolute atomic E-state index is 5.61. The molecule has 0 aliphatic carbocycles. The molecule has 4 heteroatoms. The minimum absolute atomic E-state index is 0.313. The van der Waals surface area contributed by atoms with E-state index in [0.717, 1.165) is 23.6 Å². The zero-order valence-electron chi connectivity index (χ0n) is 9.02. The molecule has 1 heterocycles. The molecule has 1 aliphatic rings. The maximum atomic E-state index is 5.61. The molecule has 0 bridgehead atoms. The van der Waals surface area contributed by atoms with Gasteiger partial charge in [0.2, 0.25) is 0 Å². The average molecular weight is 223 g/mol. The molecule has 0 aromatic carbocycles. The van der Waals surface area contributed by atoms with Gasteiger partial charge in [-0.3, -0.25) is 9.89 Å². The Kier molecular flexibility index (Phi) is 5.30. The molecule has 15 heavy (non-hydrogen) atoms. The molecule has 1 saturated heterocycles. The van der Waals surface area contributed by atoms with E-state index in [2.05, 4.69) is 15.8 Å². The number of hydrogen-bond acceptors (Lipinski definition) is 4. The fourth-order valence-corrected chi connectivity index (χ4v) is 2.80. The van der Waals surface area contributed by atoms with Crippen LogP contribution in [0.3, 0.4) is 0 Å². The van der Waals surface area contributed by atoms with Crippen LogP contribution in [-0.4, -0.2) is 48.8 Å². The summed E-state index contributed by atoms with van der Waals surface area (Å²) in [5, 5.41) is 0. The molecule has 2 N–H and O–H groups in total. The van der Waals surface area contributed by atoms with Crippen LogP contribution >= 0.6 is 11.8 Å². The van der Waals surface area contributed by atoms with E-state index in [9.17, 15) is 0 Å². The van der Waals surface area contributed by atoms with Gasteiger partial charge in [0, 0.05) is 49.1 Å². The first-order chi connectivity index (χ1) is 7.33. The number of terminal acetylenes is 1. The van der Waals surface area contributed by atoms with Crippen LogP contribution in [0, 0.1) is 12.3 Å². The Balaban J connectivity index is 2.75. The molecule has 1 rings (SSSR count). The third-order valence-corrected chi connectivity index (χ3v) is 3.41. The van der Waals surface area contributed by atoms with Gasteiger partial charge in [0.1, 0.15) is 0 Å². The Bertz CT molecular complexity index is 291. The number of nitrogens with zero attached hydrogens (tertiary/aromatic N) is 2. The molecule has 0 amide bonds. The first-order valence-corrected chi connectivity index (χ1v) is 6.08. The lowest BCUT2D eigenvalue weighted by Gasteiger charge is -2.34. The van der Waals surface area contributed by atoms with Crippen molar-refractivity contribution >= 4 is 18.0 Å². The molecule has 0 saturated carbocycles. The van der Waals surface area contributed by atoms with E-state index in [1.807, 2.05) is 18.0 Å². The Morgan fingerprint density at radius 3 is 3.20 bits per heavy atom. The molecule has 0 aromatic rings. The molecule has 1 aliphatic heterocycles. The SMILES string of the molecule is C#CCN1CCSCC1C(C=NC)=CN. The summed E-state index contributed by atoms with van der Waals surface area (Å²) in [5.41, 5.74) is 6.66. The molecule has 1 atom stereocenters. The van der Waals surface area contributed by atoms with Crippen molar-refractivity contribution in [3.8, 4) is 12.3 Å². The molecule has 3 nitrogen and oxygen atoms in total. The van der Waals surface area contributed by atoms with Crippen molar-refractivity contribution in [3.05, 3.63) is 11.8 Å². The van der Waals surface area contributed by atoms with E-state index in [-0.39, 0.29) is 0 Å². The number of hydrogen-bond donors (Lipinski definition) is 1. The van der Waals surface area contributed by atoms with Crippen LogP contribution in [0.1, 0.15) is 0 Å². The third kappa shape index (κ3) is 3.29. The molecule has 0 spiro atoms. The summed E-state index contributed by atoms with van der Waals surface area (Å²) in [6.07, 6.45) is 8.81. The molecule has 0 radical (unpaired) electrons. The average Bonchev–Trinajstić information content (AvgIpc) is 2.27. The van der Waals surface area contributed by atoms with E-state index in [1.165, 1.54) is 0 Å². The smallest absolute Gasteiger partial charge is 0.0604 e. The summed E-state index contributed by atoms with van der Waals surface area (Å²) in [4.78, 5) is 6.29. The zero-order valence-corrected chi connectivity index (χ0v) is 9.83. The topological polar surface area (TPSA) is 41.6 Å². The quantitative estimate of drug-likeness (QED) is 0.562. The van der Waals surface area contributed by atoms with Gasteiger partial charge in [-0.1, -0.05) is 5.92 Å². The second-order valence-electron chi connectivity index (χ2n) is 3.32. The summed E-state index contributed by atoms with van der Waals surface area (Å²) in [5.74, 6) is 4.87. The van der Waals surface area contributed by atoms with Crippen LogP contribution in [0.5, 0.6) is 0 Å². The van der Waals surface area contributed by atoms with Crippen molar-refractivity contribution in [1.29, 1.82) is 0 Å². The lowest BCUT2D eigenvalue weighted by Crippen LogP contribution is -2.44. The lowest BCUT2D eigenvalue weighted by molar-refractivity contribution is 0.280. The fraction of sp³-hybridized carbons (Fsp3) is 0.545. The van der Waals surface area contributed by atoms with Crippen LogP contribution in [0.2, 0.25) is 0 Å². The number of nitrogens with two attached hydrogens (primary N) is 1. The van der Waals surface area contributed by atoms with Gasteiger partial charge < -0.3 is 5.73 Å². The number of thioether (sulfide) groups is 1. The van der Waals surface area contributed by atoms with Crippen LogP contribution < -0.4 is 5.73 Å². The van der Waals surface area contributed by atoms with Gasteiger partial charge in [0.15, 0.2) is 0 Å². The van der Waals surface area contributed by atoms with Crippen LogP contribution in [0.15, 0.2) is 16.8 Å². The van der Waals surface area contributed by atoms with E-state index in [1.54, 1.807) is 13.2 Å². The molecular formula is C11H17N3S. The Morgan fingerprint density at radius 2 is 2.60 bits per heavy atom. The lowest BCUT2D eigenvalue weighted by atomic mass is 10.1. The van der Waals surface area contributed by atoms with E-state index in [4.69, 9.17) is 12.2 Å². The van der Waals surface area contributed by atoms with E-state index in [0.29, 0.717) is 12.6 Å². The zero-order chi connectivity index (χ0) is 11.1. The molecule has 0 aromatic heterocycles. The first kappa shape index (κ1) is 12.2. The predicted molar refractivity (Wildman–Crippen MR) is 68.2 cm³/mol. The Morgan fingerprint density at radius 1 is 1.80 bits per heavy atom. The van der Waals surface area contributed by atoms with Gasteiger partial charge in [0.05, 0.1) is 6.54 Å². The molecule has 1 unspecified atom stereocenters. The van der Waals surface area contributed by atoms with Crippen molar-refractivity contribution in [1.82, 2.24) is 4.90 Å². The first-order valence-electron chi connectivity index (χ1n) is 4.92. The van der Waals surface area contributed by atoms with Crippen molar-refractivity contribution in [2.24, 2.45) is 10.7 Å². The van der Waals surface area contributed by atoms with Crippen LogP contribution in [-0.2, 0) is 0 Å². The van der Waals surface area contributed by atoms with E-state index >= 15 is 0 Å². The van der Waals surface area contributed by atoms with Gasteiger partial charge in [-0.2, -0.15) is 11.8 Å².